The number of aliphatic hydroxyl groups excluding tert-OH is 1. The van der Waals surface area contributed by atoms with Crippen molar-refractivity contribution in [2.24, 2.45) is 28.9 Å². The number of primary amides is 1. The molecule has 0 radical (unpaired) electrons. The van der Waals surface area contributed by atoms with Gasteiger partial charge in [-0.1, -0.05) is 33.1 Å². The first kappa shape index (κ1) is 15.7. The number of fused-ring (bicyclic) bond motifs is 1. The van der Waals surface area contributed by atoms with E-state index in [4.69, 9.17) is 5.73 Å². The molecule has 0 aromatic rings. The van der Waals surface area contributed by atoms with Gasteiger partial charge in [-0.05, 0) is 36.1 Å². The first-order chi connectivity index (χ1) is 10.3. The molecule has 5 N–H and O–H groups in total. The molecule has 1 aliphatic heterocycles. The Morgan fingerprint density at radius 2 is 2.09 bits per heavy atom. The van der Waals surface area contributed by atoms with Crippen LogP contribution in [0.1, 0.15) is 39.5 Å². The lowest BCUT2D eigenvalue weighted by Gasteiger charge is -2.32. The van der Waals surface area contributed by atoms with Crippen molar-refractivity contribution in [3.05, 3.63) is 0 Å². The van der Waals surface area contributed by atoms with E-state index in [1.165, 1.54) is 6.42 Å². The van der Waals surface area contributed by atoms with Gasteiger partial charge >= 0.3 is 0 Å². The zero-order valence-corrected chi connectivity index (χ0v) is 13.3. The van der Waals surface area contributed by atoms with Crippen molar-refractivity contribution in [1.29, 1.82) is 0 Å². The standard InChI is InChI=1S/C16H27N3O3/c1-16(2)9-7-18-12(11(9)16)15(22)19-10(13(20)14(17)21)6-8-4-3-5-8/h8-13,18,20H,3-7H2,1-2H3,(H2,17,21)(H,19,22)/t9-,10?,11?,12-,13?/m0/s1. The number of aliphatic hydroxyl groups is 1. The molecule has 2 amide bonds. The van der Waals surface area contributed by atoms with Crippen LogP contribution in [0, 0.1) is 23.2 Å². The number of hydrogen-bond donors (Lipinski definition) is 4. The van der Waals surface area contributed by atoms with E-state index in [1.54, 1.807) is 0 Å². The molecule has 0 aromatic heterocycles. The van der Waals surface area contributed by atoms with Gasteiger partial charge in [0.2, 0.25) is 11.8 Å². The predicted octanol–water partition coefficient (Wildman–Crippen LogP) is -0.248. The fourth-order valence-corrected chi connectivity index (χ4v) is 4.30. The normalized spacial score (nSPS) is 35.1. The Morgan fingerprint density at radius 3 is 2.55 bits per heavy atom. The third kappa shape index (κ3) is 2.63. The van der Waals surface area contributed by atoms with E-state index < -0.39 is 18.1 Å². The van der Waals surface area contributed by atoms with Gasteiger partial charge in [-0.2, -0.15) is 0 Å². The number of carbonyl (C=O) groups excluding carboxylic acids is 2. The van der Waals surface area contributed by atoms with Crippen LogP contribution in [0.4, 0.5) is 0 Å². The second-order valence-corrected chi connectivity index (χ2v) is 7.83. The van der Waals surface area contributed by atoms with Crippen LogP contribution in [0.3, 0.4) is 0 Å². The molecule has 2 saturated carbocycles. The quantitative estimate of drug-likeness (QED) is 0.543. The van der Waals surface area contributed by atoms with Crippen LogP contribution in [0.25, 0.3) is 0 Å². The molecule has 3 rings (SSSR count). The summed E-state index contributed by atoms with van der Waals surface area (Å²) >= 11 is 0. The fourth-order valence-electron chi connectivity index (χ4n) is 4.30. The molecule has 3 unspecified atom stereocenters. The van der Waals surface area contributed by atoms with Crippen molar-refractivity contribution in [3.8, 4) is 0 Å². The molecule has 0 spiro atoms. The van der Waals surface area contributed by atoms with Crippen molar-refractivity contribution < 1.29 is 14.7 Å². The van der Waals surface area contributed by atoms with E-state index in [2.05, 4.69) is 24.5 Å². The molecule has 2 aliphatic carbocycles. The van der Waals surface area contributed by atoms with Gasteiger partial charge in [0.1, 0.15) is 0 Å². The number of hydrogen-bond acceptors (Lipinski definition) is 4. The lowest BCUT2D eigenvalue weighted by Crippen LogP contribution is -2.55. The zero-order valence-electron chi connectivity index (χ0n) is 13.3. The second kappa shape index (κ2) is 5.49. The van der Waals surface area contributed by atoms with Crippen molar-refractivity contribution in [2.45, 2.75) is 57.7 Å². The predicted molar refractivity (Wildman–Crippen MR) is 81.6 cm³/mol. The summed E-state index contributed by atoms with van der Waals surface area (Å²) in [4.78, 5) is 23.9. The number of piperidine rings is 1. The van der Waals surface area contributed by atoms with Gasteiger partial charge in [-0.25, -0.2) is 0 Å². The number of nitrogens with one attached hydrogen (secondary N) is 2. The topological polar surface area (TPSA) is 104 Å². The van der Waals surface area contributed by atoms with Crippen molar-refractivity contribution in [2.75, 3.05) is 6.54 Å². The maximum Gasteiger partial charge on any atom is 0.248 e. The zero-order chi connectivity index (χ0) is 16.1. The van der Waals surface area contributed by atoms with E-state index in [0.717, 1.165) is 19.4 Å². The van der Waals surface area contributed by atoms with Crippen LogP contribution < -0.4 is 16.4 Å². The number of amides is 2. The molecule has 3 fully saturated rings. The molecule has 0 bridgehead atoms. The summed E-state index contributed by atoms with van der Waals surface area (Å²) in [5.41, 5.74) is 5.43. The minimum Gasteiger partial charge on any atom is -0.381 e. The first-order valence-electron chi connectivity index (χ1n) is 8.33. The van der Waals surface area contributed by atoms with Crippen LogP contribution in [0.5, 0.6) is 0 Å². The molecule has 6 heteroatoms. The third-order valence-corrected chi connectivity index (χ3v) is 6.15. The van der Waals surface area contributed by atoms with Crippen LogP contribution in [-0.4, -0.2) is 41.7 Å². The fraction of sp³-hybridized carbons (Fsp3) is 0.875. The van der Waals surface area contributed by atoms with E-state index in [0.29, 0.717) is 24.2 Å². The number of rotatable bonds is 6. The van der Waals surface area contributed by atoms with E-state index in [-0.39, 0.29) is 17.4 Å². The molecular weight excluding hydrogens is 282 g/mol. The van der Waals surface area contributed by atoms with Crippen LogP contribution >= 0.6 is 0 Å². The Hall–Kier alpha value is -1.14. The highest BCUT2D eigenvalue weighted by Crippen LogP contribution is 2.62. The molecule has 3 aliphatic rings. The van der Waals surface area contributed by atoms with Gasteiger partial charge in [-0.3, -0.25) is 9.59 Å². The van der Waals surface area contributed by atoms with Crippen LogP contribution in [-0.2, 0) is 9.59 Å². The average Bonchev–Trinajstić information content (AvgIpc) is 2.77. The summed E-state index contributed by atoms with van der Waals surface area (Å²) in [5.74, 6) is 0.495. The maximum atomic E-state index is 12.6. The highest BCUT2D eigenvalue weighted by Gasteiger charge is 2.65. The SMILES string of the molecule is CC1(C)C2[C@@H](C(=O)NC(CC3CCC3)C(O)C(N)=O)NC[C@@H]21. The van der Waals surface area contributed by atoms with Gasteiger partial charge in [-0.15, -0.1) is 0 Å². The monoisotopic (exact) mass is 309 g/mol. The Morgan fingerprint density at radius 1 is 1.41 bits per heavy atom. The lowest BCUT2D eigenvalue weighted by molar-refractivity contribution is -0.130. The smallest absolute Gasteiger partial charge is 0.248 e. The number of carbonyl (C=O) groups is 2. The molecule has 1 saturated heterocycles. The molecule has 22 heavy (non-hydrogen) atoms. The first-order valence-corrected chi connectivity index (χ1v) is 8.33. The minimum atomic E-state index is -1.31. The molecule has 0 aromatic carbocycles. The summed E-state index contributed by atoms with van der Waals surface area (Å²) in [5, 5.41) is 16.2. The maximum absolute atomic E-state index is 12.6. The molecule has 6 nitrogen and oxygen atoms in total. The van der Waals surface area contributed by atoms with E-state index >= 15 is 0 Å². The van der Waals surface area contributed by atoms with Gasteiger partial charge in [0.05, 0.1) is 12.1 Å². The Labute approximate surface area is 131 Å². The van der Waals surface area contributed by atoms with Crippen molar-refractivity contribution in [1.82, 2.24) is 10.6 Å². The average molecular weight is 309 g/mol. The lowest BCUT2D eigenvalue weighted by atomic mass is 9.79. The minimum absolute atomic E-state index is 0.109. The summed E-state index contributed by atoms with van der Waals surface area (Å²) in [6, 6.07) is -0.790. The van der Waals surface area contributed by atoms with Crippen LogP contribution in [0.15, 0.2) is 0 Å². The highest BCUT2D eigenvalue weighted by molar-refractivity contribution is 5.85. The summed E-state index contributed by atoms with van der Waals surface area (Å²) in [6.45, 7) is 5.24. The summed E-state index contributed by atoms with van der Waals surface area (Å²) in [6.07, 6.45) is 2.68. The van der Waals surface area contributed by atoms with Gasteiger partial charge in [0, 0.05) is 0 Å². The van der Waals surface area contributed by atoms with Crippen molar-refractivity contribution in [3.63, 3.8) is 0 Å². The largest absolute Gasteiger partial charge is 0.381 e. The van der Waals surface area contributed by atoms with Gasteiger partial charge in [0.15, 0.2) is 6.10 Å². The second-order valence-electron chi connectivity index (χ2n) is 7.83. The Bertz CT molecular complexity index is 475. The third-order valence-electron chi connectivity index (χ3n) is 6.15. The molecular formula is C16H27N3O3. The van der Waals surface area contributed by atoms with E-state index in [9.17, 15) is 14.7 Å². The summed E-state index contributed by atoms with van der Waals surface area (Å²) in [7, 11) is 0. The van der Waals surface area contributed by atoms with Gasteiger partial charge < -0.3 is 21.5 Å². The molecule has 5 atom stereocenters. The van der Waals surface area contributed by atoms with Crippen LogP contribution in [0.2, 0.25) is 0 Å². The number of nitrogens with two attached hydrogens (primary N) is 1. The Balaban J connectivity index is 1.62. The van der Waals surface area contributed by atoms with Crippen molar-refractivity contribution >= 4 is 11.8 Å². The molecule has 1 heterocycles. The van der Waals surface area contributed by atoms with Gasteiger partial charge in [0.25, 0.3) is 0 Å². The summed E-state index contributed by atoms with van der Waals surface area (Å²) < 4.78 is 0. The highest BCUT2D eigenvalue weighted by atomic mass is 16.3. The molecule has 124 valence electrons. The Kier molecular flexibility index (Phi) is 3.93. The van der Waals surface area contributed by atoms with E-state index in [1.807, 2.05) is 0 Å².